The van der Waals surface area contributed by atoms with Crippen molar-refractivity contribution in [2.45, 2.75) is 33.1 Å². The van der Waals surface area contributed by atoms with Crippen molar-refractivity contribution in [2.24, 2.45) is 0 Å². The van der Waals surface area contributed by atoms with Gasteiger partial charge in [-0.1, -0.05) is 20.8 Å². The number of nitrogens with two attached hydrogens (primary N) is 1. The number of aryl methyl sites for hydroxylation is 1. The minimum absolute atomic E-state index is 0.187. The van der Waals surface area contributed by atoms with Crippen LogP contribution in [-0.2, 0) is 5.41 Å². The topological polar surface area (TPSA) is 51.8 Å². The molecule has 1 aromatic heterocycles. The van der Waals surface area contributed by atoms with Gasteiger partial charge < -0.3 is 5.73 Å². The van der Waals surface area contributed by atoms with E-state index in [1.54, 1.807) is 0 Å². The van der Waals surface area contributed by atoms with Gasteiger partial charge in [0.25, 0.3) is 0 Å². The quantitative estimate of drug-likeness (QED) is 0.846. The second-order valence-electron chi connectivity index (χ2n) is 5.86. The summed E-state index contributed by atoms with van der Waals surface area (Å²) in [6.45, 7) is 7.96. The fraction of sp³-hybridized carbons (Fsp3) is 0.333. The number of benzene rings is 1. The third kappa shape index (κ3) is 2.98. The van der Waals surface area contributed by atoms with Crippen LogP contribution in [-0.4, -0.2) is 9.97 Å². The molecule has 106 valence electrons. The van der Waals surface area contributed by atoms with Crippen molar-refractivity contribution in [1.82, 2.24) is 9.97 Å². The van der Waals surface area contributed by atoms with Crippen LogP contribution in [0.25, 0.3) is 11.4 Å². The summed E-state index contributed by atoms with van der Waals surface area (Å²) in [5.74, 6) is 0.502. The van der Waals surface area contributed by atoms with Gasteiger partial charge >= 0.3 is 0 Å². The van der Waals surface area contributed by atoms with Gasteiger partial charge in [0.2, 0.25) is 0 Å². The van der Waals surface area contributed by atoms with E-state index >= 15 is 0 Å². The average molecular weight is 338 g/mol. The van der Waals surface area contributed by atoms with Gasteiger partial charge in [0.15, 0.2) is 5.82 Å². The van der Waals surface area contributed by atoms with Crippen molar-refractivity contribution in [1.29, 1.82) is 0 Å². The van der Waals surface area contributed by atoms with Crippen molar-refractivity contribution in [2.75, 3.05) is 5.73 Å². The van der Waals surface area contributed by atoms with E-state index in [0.717, 1.165) is 11.3 Å². The van der Waals surface area contributed by atoms with Crippen LogP contribution in [0.2, 0.25) is 0 Å². The van der Waals surface area contributed by atoms with E-state index in [-0.39, 0.29) is 11.2 Å². The van der Waals surface area contributed by atoms with E-state index in [2.05, 4.69) is 25.9 Å². The minimum atomic E-state index is -0.303. The van der Waals surface area contributed by atoms with Crippen LogP contribution in [0.15, 0.2) is 22.7 Å². The summed E-state index contributed by atoms with van der Waals surface area (Å²) in [5, 5.41) is 0. The lowest BCUT2D eigenvalue weighted by Crippen LogP contribution is -2.17. The fourth-order valence-electron chi connectivity index (χ4n) is 1.96. The van der Waals surface area contributed by atoms with Gasteiger partial charge in [-0.3, -0.25) is 0 Å². The first kappa shape index (κ1) is 14.9. The second-order valence-corrected chi connectivity index (χ2v) is 6.66. The summed E-state index contributed by atoms with van der Waals surface area (Å²) in [4.78, 5) is 8.80. The van der Waals surface area contributed by atoms with E-state index in [1.165, 1.54) is 12.1 Å². The molecule has 1 aromatic carbocycles. The Morgan fingerprint density at radius 1 is 1.15 bits per heavy atom. The molecule has 2 aromatic rings. The normalized spacial score (nSPS) is 11.7. The predicted molar refractivity (Wildman–Crippen MR) is 83.0 cm³/mol. The van der Waals surface area contributed by atoms with Crippen molar-refractivity contribution < 1.29 is 4.39 Å². The number of hydrogen-bond donors (Lipinski definition) is 1. The Labute approximate surface area is 126 Å². The third-order valence-corrected chi connectivity index (χ3v) is 3.67. The number of rotatable bonds is 1. The van der Waals surface area contributed by atoms with Gasteiger partial charge in [-0.2, -0.15) is 0 Å². The molecule has 0 aliphatic carbocycles. The molecule has 0 spiro atoms. The molecular weight excluding hydrogens is 321 g/mol. The van der Waals surface area contributed by atoms with Crippen molar-refractivity contribution >= 4 is 21.7 Å². The molecule has 0 bridgehead atoms. The van der Waals surface area contributed by atoms with Gasteiger partial charge in [-0.15, -0.1) is 0 Å². The lowest BCUT2D eigenvalue weighted by Gasteiger charge is -2.21. The lowest BCUT2D eigenvalue weighted by atomic mass is 9.91. The second kappa shape index (κ2) is 5.13. The largest absolute Gasteiger partial charge is 0.383 e. The average Bonchev–Trinajstić information content (AvgIpc) is 2.29. The number of halogens is 2. The third-order valence-electron chi connectivity index (χ3n) is 2.89. The number of nitrogens with zero attached hydrogens (tertiary/aromatic N) is 2. The molecule has 0 saturated heterocycles. The molecule has 20 heavy (non-hydrogen) atoms. The molecule has 0 unspecified atom stereocenters. The van der Waals surface area contributed by atoms with Crippen molar-refractivity contribution in [3.8, 4) is 11.4 Å². The first-order valence-corrected chi connectivity index (χ1v) is 7.09. The molecule has 0 amide bonds. The molecule has 2 rings (SSSR count). The highest BCUT2D eigenvalue weighted by molar-refractivity contribution is 9.10. The number of anilines is 1. The smallest absolute Gasteiger partial charge is 0.161 e. The van der Waals surface area contributed by atoms with Crippen LogP contribution >= 0.6 is 15.9 Å². The molecule has 0 saturated carbocycles. The molecule has 1 heterocycles. The summed E-state index contributed by atoms with van der Waals surface area (Å²) in [6, 6.07) is 4.73. The minimum Gasteiger partial charge on any atom is -0.383 e. The molecule has 0 aliphatic rings. The number of aromatic nitrogens is 2. The summed E-state index contributed by atoms with van der Waals surface area (Å²) in [5.41, 5.74) is 8.01. The van der Waals surface area contributed by atoms with Gasteiger partial charge in [0, 0.05) is 11.0 Å². The Morgan fingerprint density at radius 3 is 2.35 bits per heavy atom. The Kier molecular flexibility index (Phi) is 3.82. The van der Waals surface area contributed by atoms with E-state index in [0.29, 0.717) is 21.7 Å². The van der Waals surface area contributed by atoms with Gasteiger partial charge in [-0.05, 0) is 46.6 Å². The predicted octanol–water partition coefficient (Wildman–Crippen LogP) is 4.23. The highest BCUT2D eigenvalue weighted by Crippen LogP contribution is 2.33. The van der Waals surface area contributed by atoms with Gasteiger partial charge in [-0.25, -0.2) is 14.4 Å². The zero-order valence-electron chi connectivity index (χ0n) is 12.0. The van der Waals surface area contributed by atoms with Crippen LogP contribution in [0.3, 0.4) is 0 Å². The SMILES string of the molecule is Cc1cc(F)cc(-c2nc(N)c(Br)c(C(C)(C)C)n2)c1. The van der Waals surface area contributed by atoms with Crippen LogP contribution < -0.4 is 5.73 Å². The zero-order valence-corrected chi connectivity index (χ0v) is 13.5. The summed E-state index contributed by atoms with van der Waals surface area (Å²) in [7, 11) is 0. The molecule has 3 nitrogen and oxygen atoms in total. The maximum absolute atomic E-state index is 13.5. The first-order chi connectivity index (χ1) is 9.18. The van der Waals surface area contributed by atoms with Gasteiger partial charge in [0.05, 0.1) is 10.2 Å². The maximum atomic E-state index is 13.5. The first-order valence-electron chi connectivity index (χ1n) is 6.29. The Hall–Kier alpha value is -1.49. The summed E-state index contributed by atoms with van der Waals surface area (Å²) < 4.78 is 14.2. The van der Waals surface area contributed by atoms with Crippen LogP contribution in [0.1, 0.15) is 32.0 Å². The summed E-state index contributed by atoms with van der Waals surface area (Å²) >= 11 is 3.43. The maximum Gasteiger partial charge on any atom is 0.161 e. The van der Waals surface area contributed by atoms with Crippen molar-refractivity contribution in [3.63, 3.8) is 0 Å². The number of hydrogen-bond acceptors (Lipinski definition) is 3. The zero-order chi connectivity index (χ0) is 15.1. The fourth-order valence-corrected chi connectivity index (χ4v) is 2.73. The van der Waals surface area contributed by atoms with E-state index in [1.807, 2.05) is 33.8 Å². The highest BCUT2D eigenvalue weighted by atomic mass is 79.9. The molecule has 0 atom stereocenters. The molecule has 0 radical (unpaired) electrons. The number of nitrogen functional groups attached to an aromatic ring is 1. The molecule has 5 heteroatoms. The molecular formula is C15H17BrFN3. The Morgan fingerprint density at radius 2 is 1.80 bits per heavy atom. The molecule has 2 N–H and O–H groups in total. The van der Waals surface area contributed by atoms with E-state index < -0.39 is 0 Å². The van der Waals surface area contributed by atoms with E-state index in [4.69, 9.17) is 5.73 Å². The van der Waals surface area contributed by atoms with Crippen molar-refractivity contribution in [3.05, 3.63) is 39.7 Å². The highest BCUT2D eigenvalue weighted by Gasteiger charge is 2.22. The van der Waals surface area contributed by atoms with E-state index in [9.17, 15) is 4.39 Å². The summed E-state index contributed by atoms with van der Waals surface area (Å²) in [6.07, 6.45) is 0. The molecule has 0 fully saturated rings. The standard InChI is InChI=1S/C15H17BrFN3/c1-8-5-9(7-10(17)6-8)14-19-12(15(2,3)4)11(16)13(18)20-14/h5-7H,1-4H3,(H2,18,19,20). The molecule has 0 aliphatic heterocycles. The van der Waals surface area contributed by atoms with Gasteiger partial charge in [0.1, 0.15) is 11.6 Å². The Bertz CT molecular complexity index is 643. The Balaban J connectivity index is 2.67. The lowest BCUT2D eigenvalue weighted by molar-refractivity contribution is 0.564. The van der Waals surface area contributed by atoms with Crippen LogP contribution in [0.4, 0.5) is 10.2 Å². The van der Waals surface area contributed by atoms with Crippen LogP contribution in [0.5, 0.6) is 0 Å². The van der Waals surface area contributed by atoms with Crippen LogP contribution in [0, 0.1) is 12.7 Å². The monoisotopic (exact) mass is 337 g/mol.